The van der Waals surface area contributed by atoms with E-state index >= 15 is 0 Å². The van der Waals surface area contributed by atoms with Crippen molar-refractivity contribution < 1.29 is 5.11 Å². The van der Waals surface area contributed by atoms with Crippen LogP contribution in [0.2, 0.25) is 0 Å². The third kappa shape index (κ3) is 3.48. The first-order valence-corrected chi connectivity index (χ1v) is 7.94. The number of aliphatic hydroxyl groups excluding tert-OH is 1. The molecule has 0 spiro atoms. The molecule has 1 heterocycles. The molecule has 2 rings (SSSR count). The van der Waals surface area contributed by atoms with Crippen LogP contribution in [0.5, 0.6) is 0 Å². The number of halogens is 1. The number of hydrogen-bond donors (Lipinski definition) is 2. The van der Waals surface area contributed by atoms with Gasteiger partial charge in [-0.2, -0.15) is 0 Å². The maximum Gasteiger partial charge on any atom is 0.0500 e. The van der Waals surface area contributed by atoms with Gasteiger partial charge in [0.1, 0.15) is 0 Å². The van der Waals surface area contributed by atoms with E-state index in [1.807, 2.05) is 0 Å². The summed E-state index contributed by atoms with van der Waals surface area (Å²) in [5, 5.41) is 13.2. The molecule has 1 aromatic carbocycles. The molecule has 0 unspecified atom stereocenters. The van der Waals surface area contributed by atoms with Gasteiger partial charge in [-0.05, 0) is 34.2 Å². The molecule has 0 aliphatic carbocycles. The minimum Gasteiger partial charge on any atom is -0.396 e. The van der Waals surface area contributed by atoms with Gasteiger partial charge in [0.15, 0.2) is 0 Å². The van der Waals surface area contributed by atoms with Gasteiger partial charge >= 0.3 is 0 Å². The summed E-state index contributed by atoms with van der Waals surface area (Å²) in [4.78, 5) is 2.50. The van der Waals surface area contributed by atoms with Crippen molar-refractivity contribution in [2.75, 3.05) is 32.8 Å². The molecule has 0 saturated carbocycles. The van der Waals surface area contributed by atoms with Crippen molar-refractivity contribution in [2.24, 2.45) is 5.41 Å². The van der Waals surface area contributed by atoms with E-state index in [4.69, 9.17) is 0 Å². The second-order valence-electron chi connectivity index (χ2n) is 5.86. The molecule has 1 aromatic rings. The summed E-state index contributed by atoms with van der Waals surface area (Å²) in [5.74, 6) is 0. The van der Waals surface area contributed by atoms with Gasteiger partial charge in [0.2, 0.25) is 0 Å². The smallest absolute Gasteiger partial charge is 0.0500 e. The van der Waals surface area contributed by atoms with E-state index in [0.29, 0.717) is 0 Å². The molecular weight excluding hydrogens is 351 g/mol. The summed E-state index contributed by atoms with van der Waals surface area (Å²) in [6.07, 6.45) is 0. The van der Waals surface area contributed by atoms with Gasteiger partial charge in [-0.25, -0.2) is 0 Å². The molecule has 19 heavy (non-hydrogen) atoms. The fraction of sp³-hybridized carbons (Fsp3) is 0.600. The van der Waals surface area contributed by atoms with Gasteiger partial charge in [-0.15, -0.1) is 0 Å². The Balaban J connectivity index is 2.36. The fourth-order valence-electron chi connectivity index (χ4n) is 2.84. The highest BCUT2D eigenvalue weighted by Crippen LogP contribution is 2.39. The Hall–Kier alpha value is -0.170. The molecule has 1 aliphatic heterocycles. The lowest BCUT2D eigenvalue weighted by molar-refractivity contribution is 0.0301. The predicted octanol–water partition coefficient (Wildman–Crippen LogP) is 2.26. The molecule has 106 valence electrons. The van der Waals surface area contributed by atoms with Crippen LogP contribution in [0.3, 0.4) is 0 Å². The van der Waals surface area contributed by atoms with Crippen LogP contribution in [0.25, 0.3) is 0 Å². The van der Waals surface area contributed by atoms with Gasteiger partial charge in [0.25, 0.3) is 0 Å². The molecule has 4 heteroatoms. The second-order valence-corrected chi connectivity index (χ2v) is 7.02. The van der Waals surface area contributed by atoms with Gasteiger partial charge in [-0.3, -0.25) is 4.90 Å². The second kappa shape index (κ2) is 6.52. The molecule has 1 saturated heterocycles. The number of hydrogen-bond acceptors (Lipinski definition) is 3. The van der Waals surface area contributed by atoms with Crippen molar-refractivity contribution in [3.05, 3.63) is 33.4 Å². The van der Waals surface area contributed by atoms with E-state index in [1.54, 1.807) is 0 Å². The fourth-order valence-corrected chi connectivity index (χ4v) is 3.52. The van der Waals surface area contributed by atoms with Crippen LogP contribution in [-0.2, 0) is 0 Å². The Kier molecular flexibility index (Phi) is 5.22. The highest BCUT2D eigenvalue weighted by molar-refractivity contribution is 14.1. The third-order valence-electron chi connectivity index (χ3n) is 3.86. The number of aliphatic hydroxyl groups is 1. The first kappa shape index (κ1) is 15.2. The van der Waals surface area contributed by atoms with E-state index in [-0.39, 0.29) is 18.1 Å². The van der Waals surface area contributed by atoms with Crippen LogP contribution in [0.15, 0.2) is 24.3 Å². The minimum atomic E-state index is -0.140. The molecule has 1 aliphatic rings. The Morgan fingerprint density at radius 1 is 1.32 bits per heavy atom. The molecule has 0 radical (unpaired) electrons. The van der Waals surface area contributed by atoms with Crippen molar-refractivity contribution >= 4 is 22.6 Å². The lowest BCUT2D eigenvalue weighted by atomic mass is 9.80. The maximum atomic E-state index is 9.80. The first-order chi connectivity index (χ1) is 9.06. The highest BCUT2D eigenvalue weighted by atomic mass is 127. The largest absolute Gasteiger partial charge is 0.396 e. The standard InChI is InChI=1S/C15H23IN2O/c1-15(2,11-19)14(18-9-7-17-8-10-18)12-5-3-4-6-13(12)16/h3-6,14,17,19H,7-11H2,1-2H3/t14-/m1/s1. The summed E-state index contributed by atoms with van der Waals surface area (Å²) < 4.78 is 1.28. The van der Waals surface area contributed by atoms with E-state index in [2.05, 4.69) is 70.9 Å². The van der Waals surface area contributed by atoms with E-state index in [0.717, 1.165) is 26.2 Å². The third-order valence-corrected chi connectivity index (χ3v) is 4.85. The average molecular weight is 374 g/mol. The molecular formula is C15H23IN2O. The summed E-state index contributed by atoms with van der Waals surface area (Å²) in [7, 11) is 0. The zero-order chi connectivity index (χ0) is 13.9. The summed E-state index contributed by atoms with van der Waals surface area (Å²) in [6.45, 7) is 8.65. The van der Waals surface area contributed by atoms with Gasteiger partial charge < -0.3 is 10.4 Å². The minimum absolute atomic E-state index is 0.140. The summed E-state index contributed by atoms with van der Waals surface area (Å²) >= 11 is 2.40. The van der Waals surface area contributed by atoms with E-state index < -0.39 is 0 Å². The van der Waals surface area contributed by atoms with E-state index in [9.17, 15) is 5.11 Å². The monoisotopic (exact) mass is 374 g/mol. The lowest BCUT2D eigenvalue weighted by Gasteiger charge is -2.43. The van der Waals surface area contributed by atoms with Crippen LogP contribution in [0, 0.1) is 8.99 Å². The highest BCUT2D eigenvalue weighted by Gasteiger charge is 2.36. The van der Waals surface area contributed by atoms with Crippen LogP contribution in [0.1, 0.15) is 25.5 Å². The average Bonchev–Trinajstić information content (AvgIpc) is 2.42. The number of benzene rings is 1. The van der Waals surface area contributed by atoms with Gasteiger partial charge in [0.05, 0.1) is 0 Å². The van der Waals surface area contributed by atoms with E-state index in [1.165, 1.54) is 9.13 Å². The summed E-state index contributed by atoms with van der Waals surface area (Å²) in [6, 6.07) is 8.80. The normalized spacial score (nSPS) is 19.4. The number of piperazine rings is 1. The molecule has 2 N–H and O–H groups in total. The van der Waals surface area contributed by atoms with Gasteiger partial charge in [-0.1, -0.05) is 32.0 Å². The summed E-state index contributed by atoms with van der Waals surface area (Å²) in [5.41, 5.74) is 1.20. The number of rotatable bonds is 4. The van der Waals surface area contributed by atoms with Crippen molar-refractivity contribution in [3.63, 3.8) is 0 Å². The van der Waals surface area contributed by atoms with Crippen LogP contribution in [0.4, 0.5) is 0 Å². The van der Waals surface area contributed by atoms with Gasteiger partial charge in [0, 0.05) is 47.8 Å². The Morgan fingerprint density at radius 3 is 2.53 bits per heavy atom. The molecule has 0 amide bonds. The molecule has 1 fully saturated rings. The number of nitrogens with one attached hydrogen (secondary N) is 1. The number of nitrogens with zero attached hydrogens (tertiary/aromatic N) is 1. The van der Waals surface area contributed by atoms with Crippen molar-refractivity contribution in [1.82, 2.24) is 10.2 Å². The SMILES string of the molecule is CC(C)(CO)[C@@H](c1ccccc1I)N1CCNCC1. The topological polar surface area (TPSA) is 35.5 Å². The predicted molar refractivity (Wildman–Crippen MR) is 87.2 cm³/mol. The van der Waals surface area contributed by atoms with Crippen LogP contribution in [-0.4, -0.2) is 42.8 Å². The van der Waals surface area contributed by atoms with Crippen LogP contribution < -0.4 is 5.32 Å². The van der Waals surface area contributed by atoms with Crippen LogP contribution >= 0.6 is 22.6 Å². The molecule has 0 bridgehead atoms. The Labute approximate surface area is 129 Å². The van der Waals surface area contributed by atoms with Crippen molar-refractivity contribution in [1.29, 1.82) is 0 Å². The zero-order valence-electron chi connectivity index (χ0n) is 11.7. The molecule has 3 nitrogen and oxygen atoms in total. The van der Waals surface area contributed by atoms with Crippen molar-refractivity contribution in [2.45, 2.75) is 19.9 Å². The Morgan fingerprint density at radius 2 is 1.95 bits per heavy atom. The quantitative estimate of drug-likeness (QED) is 0.794. The lowest BCUT2D eigenvalue weighted by Crippen LogP contribution is -2.49. The van der Waals surface area contributed by atoms with Crippen molar-refractivity contribution in [3.8, 4) is 0 Å². The molecule has 0 aromatic heterocycles. The molecule has 1 atom stereocenters. The zero-order valence-corrected chi connectivity index (χ0v) is 13.9. The maximum absolute atomic E-state index is 9.80. The first-order valence-electron chi connectivity index (χ1n) is 6.86. The Bertz CT molecular complexity index is 416.